The Morgan fingerprint density at radius 3 is 2.40 bits per heavy atom. The lowest BCUT2D eigenvalue weighted by molar-refractivity contribution is -0.128. The van der Waals surface area contributed by atoms with E-state index in [-0.39, 0.29) is 12.0 Å². The lowest BCUT2D eigenvalue weighted by atomic mass is 9.93. The molecule has 2 fully saturated rings. The highest BCUT2D eigenvalue weighted by Gasteiger charge is 2.31. The molecular weight excluding hydrogens is 656 g/mol. The second-order valence-corrected chi connectivity index (χ2v) is 14.0. The van der Waals surface area contributed by atoms with Crippen LogP contribution in [0.3, 0.4) is 0 Å². The minimum atomic E-state index is -4.27. The smallest absolute Gasteiger partial charge is 0.367 e. The summed E-state index contributed by atoms with van der Waals surface area (Å²) in [6, 6.07) is 9.95. The zero-order valence-corrected chi connectivity index (χ0v) is 32.0. The van der Waals surface area contributed by atoms with Crippen LogP contribution in [-0.2, 0) is 13.1 Å². The van der Waals surface area contributed by atoms with Crippen molar-refractivity contribution < 1.29 is 13.2 Å². The number of hydrogen-bond acceptors (Lipinski definition) is 7. The molecule has 2 saturated heterocycles. The van der Waals surface area contributed by atoms with Crippen molar-refractivity contribution >= 4 is 32.0 Å². The largest absolute Gasteiger partial charge is 0.392 e. The van der Waals surface area contributed by atoms with Gasteiger partial charge in [-0.05, 0) is 82.2 Å². The standard InChI is InChI=1S/C37H51F3N8.CH5P/c1-7-24(2)30(18-37(38,39)40)16-34-28(6)42-23-43-36(34)45-31-10-12-46(13-11-31)22-29-8-9-35-33(27(29)5)17-32(19-41)48(35)15-14-47-20-25(3)44-26(4)21-47;1-2/h8-9,16-17,23-26,31,44H,7,10-15,18,20-22H2,1-6H3,(H,42,43,45);2H2,1H3/b30-16-;. The molecule has 0 spiro atoms. The number of nitriles is 1. The fraction of sp³-hybridized carbons (Fsp3) is 0.605. The summed E-state index contributed by atoms with van der Waals surface area (Å²) in [7, 11) is 2.42. The Morgan fingerprint density at radius 1 is 1.10 bits per heavy atom. The Balaban J connectivity index is 0.00000276. The fourth-order valence-electron chi connectivity index (χ4n) is 7.38. The summed E-state index contributed by atoms with van der Waals surface area (Å²) in [5.74, 6) is 0.407. The molecule has 0 bridgehead atoms. The molecule has 0 saturated carbocycles. The lowest BCUT2D eigenvalue weighted by Gasteiger charge is -2.36. The van der Waals surface area contributed by atoms with Gasteiger partial charge in [0.05, 0.1) is 12.1 Å². The van der Waals surface area contributed by atoms with Crippen LogP contribution in [-0.4, -0.2) is 88.0 Å². The van der Waals surface area contributed by atoms with Gasteiger partial charge in [0.15, 0.2) is 0 Å². The number of rotatable bonds is 11. The number of nitrogens with one attached hydrogen (secondary N) is 2. The topological polar surface area (TPSA) is 85.0 Å². The third-order valence-electron chi connectivity index (χ3n) is 10.2. The number of anilines is 1. The van der Waals surface area contributed by atoms with Crippen molar-refractivity contribution in [1.82, 2.24) is 29.7 Å². The van der Waals surface area contributed by atoms with Crippen molar-refractivity contribution in [2.75, 3.05) is 44.7 Å². The van der Waals surface area contributed by atoms with Gasteiger partial charge in [-0.3, -0.25) is 9.80 Å². The van der Waals surface area contributed by atoms with Crippen LogP contribution in [0.25, 0.3) is 17.0 Å². The molecule has 3 aromatic rings. The number of alkyl halides is 3. The number of halogens is 3. The highest BCUT2D eigenvalue weighted by atomic mass is 31.0. The summed E-state index contributed by atoms with van der Waals surface area (Å²) in [4.78, 5) is 13.7. The number of aryl methyl sites for hydroxylation is 2. The molecule has 0 amide bonds. The van der Waals surface area contributed by atoms with E-state index in [0.717, 1.165) is 69.6 Å². The average Bonchev–Trinajstić information content (AvgIpc) is 3.45. The molecule has 8 nitrogen and oxygen atoms in total. The van der Waals surface area contributed by atoms with E-state index in [1.54, 1.807) is 6.08 Å². The van der Waals surface area contributed by atoms with Gasteiger partial charge >= 0.3 is 6.18 Å². The summed E-state index contributed by atoms with van der Waals surface area (Å²) in [6.07, 6.45) is 0.351. The summed E-state index contributed by atoms with van der Waals surface area (Å²) < 4.78 is 42.4. The maximum absolute atomic E-state index is 13.4. The molecule has 2 aliphatic rings. The number of nitrogens with zero attached hydrogens (tertiary/aromatic N) is 6. The zero-order chi connectivity index (χ0) is 36.6. The number of piperazine rings is 1. The molecule has 1 aromatic carbocycles. The minimum absolute atomic E-state index is 0.162. The molecule has 4 unspecified atom stereocenters. The predicted octanol–water partition coefficient (Wildman–Crippen LogP) is 7.55. The van der Waals surface area contributed by atoms with E-state index in [1.165, 1.54) is 17.5 Å². The van der Waals surface area contributed by atoms with Crippen molar-refractivity contribution in [2.24, 2.45) is 5.92 Å². The molecule has 2 aromatic heterocycles. The Morgan fingerprint density at radius 2 is 1.78 bits per heavy atom. The van der Waals surface area contributed by atoms with E-state index in [2.05, 4.69) is 83.2 Å². The van der Waals surface area contributed by atoms with Gasteiger partial charge in [-0.15, -0.1) is 9.24 Å². The first-order valence-corrected chi connectivity index (χ1v) is 19.2. The molecule has 0 radical (unpaired) electrons. The van der Waals surface area contributed by atoms with Crippen molar-refractivity contribution in [1.29, 1.82) is 5.26 Å². The van der Waals surface area contributed by atoms with E-state index < -0.39 is 12.6 Å². The van der Waals surface area contributed by atoms with Gasteiger partial charge in [-0.1, -0.05) is 32.2 Å². The number of aromatic nitrogens is 3. The van der Waals surface area contributed by atoms with Crippen molar-refractivity contribution in [2.45, 2.75) is 105 Å². The summed E-state index contributed by atoms with van der Waals surface area (Å²) >= 11 is 0. The van der Waals surface area contributed by atoms with E-state index in [4.69, 9.17) is 0 Å². The predicted molar refractivity (Wildman–Crippen MR) is 202 cm³/mol. The van der Waals surface area contributed by atoms with Crippen molar-refractivity contribution in [3.63, 3.8) is 0 Å². The molecular formula is C38H56F3N8P. The number of allylic oxidation sites excluding steroid dienone is 1. The summed E-state index contributed by atoms with van der Waals surface area (Å²) in [5, 5.41) is 18.3. The maximum Gasteiger partial charge on any atom is 0.392 e. The molecule has 12 heteroatoms. The number of likely N-dealkylation sites (tertiary alicyclic amines) is 1. The van der Waals surface area contributed by atoms with Gasteiger partial charge in [-0.2, -0.15) is 18.4 Å². The van der Waals surface area contributed by atoms with E-state index >= 15 is 0 Å². The van der Waals surface area contributed by atoms with Gasteiger partial charge in [0.2, 0.25) is 0 Å². The number of hydrogen-bond donors (Lipinski definition) is 2. The first-order chi connectivity index (χ1) is 23.8. The third kappa shape index (κ3) is 10.3. The van der Waals surface area contributed by atoms with E-state index in [0.29, 0.717) is 46.8 Å². The maximum atomic E-state index is 13.4. The number of fused-ring (bicyclic) bond motifs is 1. The second-order valence-electron chi connectivity index (χ2n) is 14.0. The Labute approximate surface area is 299 Å². The van der Waals surface area contributed by atoms with Crippen LogP contribution in [0.5, 0.6) is 0 Å². The highest BCUT2D eigenvalue weighted by molar-refractivity contribution is 7.15. The SMILES string of the molecule is CCC(C)/C(=C\c1c(C)ncnc1NC1CCN(Cc2ccc3c(cc(C#N)n3CCN3CC(C)NC(C)C3)c2C)CC1)CC(F)(F)F.CP. The summed E-state index contributed by atoms with van der Waals surface area (Å²) in [6.45, 7) is 20.4. The van der Waals surface area contributed by atoms with Crippen molar-refractivity contribution in [3.05, 3.63) is 58.2 Å². The monoisotopic (exact) mass is 712 g/mol. The molecule has 50 heavy (non-hydrogen) atoms. The number of benzene rings is 1. The van der Waals surface area contributed by atoms with Crippen molar-refractivity contribution in [3.8, 4) is 6.07 Å². The summed E-state index contributed by atoms with van der Waals surface area (Å²) in [5.41, 5.74) is 5.97. The molecule has 2 N–H and O–H groups in total. The number of piperidine rings is 1. The zero-order valence-electron chi connectivity index (χ0n) is 30.9. The van der Waals surface area contributed by atoms with Gasteiger partial charge in [0, 0.05) is 80.4 Å². The normalized spacial score (nSPS) is 20.3. The minimum Gasteiger partial charge on any atom is -0.367 e. The van der Waals surface area contributed by atoms with Crippen LogP contribution in [0.2, 0.25) is 0 Å². The molecule has 4 atom stereocenters. The third-order valence-corrected chi connectivity index (χ3v) is 10.2. The molecule has 5 rings (SSSR count). The van der Waals surface area contributed by atoms with E-state index in [9.17, 15) is 18.4 Å². The first-order valence-electron chi connectivity index (χ1n) is 18.0. The van der Waals surface area contributed by atoms with Crippen LogP contribution >= 0.6 is 9.24 Å². The molecule has 4 heterocycles. The molecule has 2 aliphatic heterocycles. The van der Waals surface area contributed by atoms with Crippen LogP contribution < -0.4 is 10.6 Å². The van der Waals surface area contributed by atoms with Gasteiger partial charge < -0.3 is 15.2 Å². The Hall–Kier alpha value is -3.03. The van der Waals surface area contributed by atoms with Gasteiger partial charge in [-0.25, -0.2) is 9.97 Å². The highest BCUT2D eigenvalue weighted by Crippen LogP contribution is 2.33. The van der Waals surface area contributed by atoms with Crippen LogP contribution in [0.1, 0.15) is 81.5 Å². The quantitative estimate of drug-likeness (QED) is 0.199. The van der Waals surface area contributed by atoms with Crippen LogP contribution in [0.4, 0.5) is 19.0 Å². The second kappa shape index (κ2) is 17.9. The van der Waals surface area contributed by atoms with Crippen LogP contribution in [0, 0.1) is 31.1 Å². The Bertz CT molecular complexity index is 1630. The molecule has 274 valence electrons. The van der Waals surface area contributed by atoms with Gasteiger partial charge in [0.25, 0.3) is 0 Å². The average molecular weight is 713 g/mol. The van der Waals surface area contributed by atoms with Crippen LogP contribution in [0.15, 0.2) is 30.1 Å². The first kappa shape index (κ1) is 39.8. The van der Waals surface area contributed by atoms with Gasteiger partial charge in [0.1, 0.15) is 23.9 Å². The fourth-order valence-corrected chi connectivity index (χ4v) is 7.38. The molecule has 0 aliphatic carbocycles. The Kier molecular flexibility index (Phi) is 14.3. The lowest BCUT2D eigenvalue weighted by Crippen LogP contribution is -2.54. The van der Waals surface area contributed by atoms with E-state index in [1.807, 2.05) is 33.5 Å².